The Bertz CT molecular complexity index is 1530. The second-order valence-corrected chi connectivity index (χ2v) is 11.0. The predicted octanol–water partition coefficient (Wildman–Crippen LogP) is 5.12. The fourth-order valence-electron chi connectivity index (χ4n) is 7.28. The SMILES string of the molecule is CCc1c2[nH]c(c1CC)C=c1[nH]c(c(CC)c1CC)=Cc1[nH]c(c(CC)c1CC)C=c1[nH]c(c(CC)c1CC)=C2.[Ni]. The van der Waals surface area contributed by atoms with Crippen molar-refractivity contribution in [2.75, 3.05) is 0 Å². The van der Waals surface area contributed by atoms with Crippen molar-refractivity contribution < 1.29 is 16.5 Å². The van der Waals surface area contributed by atoms with E-state index in [1.165, 1.54) is 88.7 Å². The van der Waals surface area contributed by atoms with E-state index < -0.39 is 0 Å². The van der Waals surface area contributed by atoms with Crippen LogP contribution in [0.1, 0.15) is 123 Å². The molecule has 0 amide bonds. The number of fused-ring (bicyclic) bond motifs is 8. The van der Waals surface area contributed by atoms with E-state index in [4.69, 9.17) is 0 Å². The molecule has 5 rings (SSSR count). The minimum Gasteiger partial charge on any atom is -0.355 e. The van der Waals surface area contributed by atoms with Gasteiger partial charge < -0.3 is 19.9 Å². The van der Waals surface area contributed by atoms with Crippen LogP contribution in [-0.4, -0.2) is 19.9 Å². The minimum atomic E-state index is 0. The maximum Gasteiger partial charge on any atom is 0.0441 e. The Kier molecular flexibility index (Phi) is 9.80. The Morgan fingerprint density at radius 3 is 0.683 bits per heavy atom. The molecule has 4 aromatic heterocycles. The molecule has 0 saturated heterocycles. The molecule has 0 spiro atoms. The predicted molar refractivity (Wildman–Crippen MR) is 171 cm³/mol. The zero-order valence-electron chi connectivity index (χ0n) is 26.3. The van der Waals surface area contributed by atoms with Gasteiger partial charge in [-0.05, 0) is 120 Å². The van der Waals surface area contributed by atoms with Gasteiger partial charge in [-0.1, -0.05) is 55.4 Å². The van der Waals surface area contributed by atoms with Crippen LogP contribution in [0.4, 0.5) is 0 Å². The van der Waals surface area contributed by atoms with Crippen LogP contribution in [0.15, 0.2) is 0 Å². The Hall–Kier alpha value is -2.91. The number of hydrogen-bond acceptors (Lipinski definition) is 0. The molecule has 0 fully saturated rings. The normalized spacial score (nSPS) is 12.3. The van der Waals surface area contributed by atoms with Gasteiger partial charge in [0.25, 0.3) is 0 Å². The van der Waals surface area contributed by atoms with E-state index in [-0.39, 0.29) is 16.5 Å². The van der Waals surface area contributed by atoms with Gasteiger partial charge >= 0.3 is 0 Å². The summed E-state index contributed by atoms with van der Waals surface area (Å²) in [5, 5.41) is 4.94. The number of nitrogens with one attached hydrogen (secondary N) is 4. The molecule has 0 aromatic carbocycles. The van der Waals surface area contributed by atoms with E-state index in [2.05, 4.69) is 99.6 Å². The van der Waals surface area contributed by atoms with Gasteiger partial charge in [0.15, 0.2) is 0 Å². The van der Waals surface area contributed by atoms with Gasteiger partial charge in [0, 0.05) is 60.7 Å². The molecule has 0 saturated carbocycles. The smallest absolute Gasteiger partial charge is 0.0441 e. The van der Waals surface area contributed by atoms with Gasteiger partial charge in [-0.15, -0.1) is 0 Å². The van der Waals surface area contributed by atoms with Crippen LogP contribution < -0.4 is 21.4 Å². The molecular weight excluding hydrogens is 547 g/mol. The molecule has 5 heteroatoms. The summed E-state index contributed by atoms with van der Waals surface area (Å²) in [6.45, 7) is 18.3. The first-order valence-corrected chi connectivity index (χ1v) is 15.8. The standard InChI is InChI=1S/C36H48N4.Ni/c1-9-21-22(10-2)30-18-32-25(13-5)26(14-6)34(39-32)20-36-28(16-8)27(15-7)35(40-36)19-33-24(12-4)23(11-3)31(38-33)17-29(21)37-30;/h17-20,37-40H,9-16H2,1-8H3;. The number of rotatable bonds is 8. The fraction of sp³-hybridized carbons (Fsp3) is 0.444. The van der Waals surface area contributed by atoms with Crippen molar-refractivity contribution in [2.45, 2.75) is 107 Å². The molecule has 222 valence electrons. The quantitative estimate of drug-likeness (QED) is 0.180. The summed E-state index contributed by atoms with van der Waals surface area (Å²) >= 11 is 0. The van der Waals surface area contributed by atoms with Crippen molar-refractivity contribution in [1.29, 1.82) is 0 Å². The third-order valence-corrected chi connectivity index (χ3v) is 9.12. The third-order valence-electron chi connectivity index (χ3n) is 9.12. The van der Waals surface area contributed by atoms with Crippen molar-refractivity contribution in [3.05, 3.63) is 88.7 Å². The molecule has 0 atom stereocenters. The first-order valence-electron chi connectivity index (χ1n) is 15.8. The molecular formula is C36H48N4Ni. The number of hydrogen-bond donors (Lipinski definition) is 4. The van der Waals surface area contributed by atoms with Crippen molar-refractivity contribution in [2.24, 2.45) is 0 Å². The molecule has 1 aliphatic rings. The zero-order chi connectivity index (χ0) is 28.6. The van der Waals surface area contributed by atoms with Gasteiger partial charge in [-0.2, -0.15) is 0 Å². The van der Waals surface area contributed by atoms with Crippen LogP contribution in [0.25, 0.3) is 24.3 Å². The molecule has 4 nitrogen and oxygen atoms in total. The van der Waals surface area contributed by atoms with Crippen LogP contribution in [0.2, 0.25) is 0 Å². The number of aromatic nitrogens is 4. The summed E-state index contributed by atoms with van der Waals surface area (Å²) in [5.74, 6) is 0. The van der Waals surface area contributed by atoms with Crippen molar-refractivity contribution in [1.82, 2.24) is 19.9 Å². The van der Waals surface area contributed by atoms with E-state index in [0.717, 1.165) is 51.4 Å². The van der Waals surface area contributed by atoms with Gasteiger partial charge in [0.1, 0.15) is 0 Å². The summed E-state index contributed by atoms with van der Waals surface area (Å²) in [4.78, 5) is 15.5. The van der Waals surface area contributed by atoms with E-state index in [1.807, 2.05) is 0 Å². The van der Waals surface area contributed by atoms with Crippen LogP contribution >= 0.6 is 0 Å². The second kappa shape index (κ2) is 12.9. The van der Waals surface area contributed by atoms with Gasteiger partial charge in [-0.25, -0.2) is 0 Å². The van der Waals surface area contributed by atoms with E-state index in [9.17, 15) is 0 Å². The minimum absolute atomic E-state index is 0. The van der Waals surface area contributed by atoms with Crippen LogP contribution in [0, 0.1) is 0 Å². The summed E-state index contributed by atoms with van der Waals surface area (Å²) in [6, 6.07) is 0. The van der Waals surface area contributed by atoms with Gasteiger partial charge in [0.2, 0.25) is 0 Å². The van der Waals surface area contributed by atoms with Crippen LogP contribution in [0.5, 0.6) is 0 Å². The van der Waals surface area contributed by atoms with E-state index in [0.29, 0.717) is 0 Å². The largest absolute Gasteiger partial charge is 0.355 e. The molecule has 8 bridgehead atoms. The van der Waals surface area contributed by atoms with Crippen molar-refractivity contribution >= 4 is 24.3 Å². The van der Waals surface area contributed by atoms with Gasteiger partial charge in [0.05, 0.1) is 0 Å². The Morgan fingerprint density at radius 2 is 0.512 bits per heavy atom. The average Bonchev–Trinajstić information content (AvgIpc) is 3.67. The van der Waals surface area contributed by atoms with Gasteiger partial charge in [-0.3, -0.25) is 0 Å². The summed E-state index contributed by atoms with van der Waals surface area (Å²) in [7, 11) is 0. The van der Waals surface area contributed by atoms with E-state index >= 15 is 0 Å². The molecule has 0 radical (unpaired) electrons. The molecule has 1 aliphatic heterocycles. The first kappa shape index (κ1) is 31.0. The first-order chi connectivity index (χ1) is 19.5. The summed E-state index contributed by atoms with van der Waals surface area (Å²) < 4.78 is 0. The second-order valence-electron chi connectivity index (χ2n) is 11.0. The maximum atomic E-state index is 3.87. The summed E-state index contributed by atoms with van der Waals surface area (Å²) in [6.07, 6.45) is 17.6. The molecule has 0 unspecified atom stereocenters. The zero-order valence-corrected chi connectivity index (χ0v) is 27.3. The third kappa shape index (κ3) is 5.27. The molecule has 0 aliphatic carbocycles. The van der Waals surface area contributed by atoms with Crippen molar-refractivity contribution in [3.63, 3.8) is 0 Å². The molecule has 4 aromatic rings. The fourth-order valence-corrected chi connectivity index (χ4v) is 7.28. The van der Waals surface area contributed by atoms with E-state index in [1.54, 1.807) is 0 Å². The van der Waals surface area contributed by atoms with Crippen LogP contribution in [0.3, 0.4) is 0 Å². The number of aromatic amines is 4. The Labute approximate surface area is 255 Å². The monoisotopic (exact) mass is 594 g/mol. The van der Waals surface area contributed by atoms with Crippen molar-refractivity contribution in [3.8, 4) is 0 Å². The molecule has 4 N–H and O–H groups in total. The Balaban J connectivity index is 0.00000387. The number of H-pyrrole nitrogens is 4. The van der Waals surface area contributed by atoms with Crippen LogP contribution in [-0.2, 0) is 67.9 Å². The Morgan fingerprint density at radius 1 is 0.317 bits per heavy atom. The maximum absolute atomic E-state index is 3.87. The molecule has 5 heterocycles. The average molecular weight is 596 g/mol. The topological polar surface area (TPSA) is 63.2 Å². The molecule has 41 heavy (non-hydrogen) atoms. The summed E-state index contributed by atoms with van der Waals surface area (Å²) in [5.41, 5.74) is 16.4.